The van der Waals surface area contributed by atoms with E-state index in [2.05, 4.69) is 5.32 Å². The van der Waals surface area contributed by atoms with Crippen LogP contribution in [0.15, 0.2) is 48.5 Å². The van der Waals surface area contributed by atoms with Crippen molar-refractivity contribution < 1.29 is 10.2 Å². The lowest BCUT2D eigenvalue weighted by Gasteiger charge is -2.37. The highest BCUT2D eigenvalue weighted by Gasteiger charge is 2.43. The summed E-state index contributed by atoms with van der Waals surface area (Å²) in [4.78, 5) is 0. The lowest BCUT2D eigenvalue weighted by atomic mass is 9.74. The average molecular weight is 394 g/mol. The highest BCUT2D eigenvalue weighted by Crippen LogP contribution is 2.47. The van der Waals surface area contributed by atoms with Crippen LogP contribution in [-0.2, 0) is 5.60 Å². The summed E-state index contributed by atoms with van der Waals surface area (Å²) in [5.41, 5.74) is 1.27. The number of benzene rings is 2. The molecule has 3 nitrogen and oxygen atoms in total. The van der Waals surface area contributed by atoms with E-state index >= 15 is 0 Å². The number of nitrogens with one attached hydrogen (secondary N) is 1. The average Bonchev–Trinajstić information content (AvgIpc) is 3.22. The van der Waals surface area contributed by atoms with E-state index < -0.39 is 11.7 Å². The van der Waals surface area contributed by atoms with Crippen LogP contribution in [0.4, 0.5) is 5.69 Å². The molecule has 3 N–H and O–H groups in total. The summed E-state index contributed by atoms with van der Waals surface area (Å²) >= 11 is 12.0. The molecular weight excluding hydrogens is 369 g/mol. The van der Waals surface area contributed by atoms with E-state index in [9.17, 15) is 10.2 Å². The van der Waals surface area contributed by atoms with Gasteiger partial charge in [-0.2, -0.15) is 0 Å². The monoisotopic (exact) mass is 393 g/mol. The molecule has 0 bridgehead atoms. The zero-order chi connectivity index (χ0) is 18.6. The lowest BCUT2D eigenvalue weighted by molar-refractivity contribution is 0.0194. The smallest absolute Gasteiger partial charge is 0.119 e. The molecule has 0 spiro atoms. The Morgan fingerprint density at radius 2 is 1.81 bits per heavy atom. The van der Waals surface area contributed by atoms with Gasteiger partial charge in [-0.25, -0.2) is 0 Å². The van der Waals surface area contributed by atoms with Crippen molar-refractivity contribution in [2.75, 3.05) is 17.7 Å². The minimum atomic E-state index is -1.13. The lowest BCUT2D eigenvalue weighted by Crippen LogP contribution is -2.36. The SMILES string of the molecule is OC(CCl)CNc1ccc(Cl)cc1C(O)(c1ccccc1)C1CCCC1. The van der Waals surface area contributed by atoms with Crippen LogP contribution in [0, 0.1) is 5.92 Å². The van der Waals surface area contributed by atoms with E-state index in [1.165, 1.54) is 0 Å². The Hall–Kier alpha value is -1.26. The summed E-state index contributed by atoms with van der Waals surface area (Å²) in [6.45, 7) is 0.313. The number of hydrogen-bond acceptors (Lipinski definition) is 3. The van der Waals surface area contributed by atoms with Gasteiger partial charge in [-0.05, 0) is 42.5 Å². The van der Waals surface area contributed by atoms with E-state index in [4.69, 9.17) is 23.2 Å². The highest BCUT2D eigenvalue weighted by atomic mass is 35.5. The topological polar surface area (TPSA) is 52.5 Å². The van der Waals surface area contributed by atoms with Crippen molar-refractivity contribution in [1.82, 2.24) is 0 Å². The predicted octanol–water partition coefficient (Wildman–Crippen LogP) is 4.78. The predicted molar refractivity (Wildman–Crippen MR) is 108 cm³/mol. The van der Waals surface area contributed by atoms with Gasteiger partial charge in [0.1, 0.15) is 5.60 Å². The second kappa shape index (κ2) is 8.62. The Balaban J connectivity index is 2.07. The van der Waals surface area contributed by atoms with Crippen LogP contribution in [0.3, 0.4) is 0 Å². The number of halogens is 2. The molecule has 1 fully saturated rings. The molecule has 2 aromatic carbocycles. The maximum absolute atomic E-state index is 12.0. The third-order valence-electron chi connectivity index (χ3n) is 5.26. The van der Waals surface area contributed by atoms with Crippen molar-refractivity contribution in [3.8, 4) is 0 Å². The van der Waals surface area contributed by atoms with Crippen molar-refractivity contribution in [2.45, 2.75) is 37.4 Å². The van der Waals surface area contributed by atoms with E-state index in [-0.39, 0.29) is 11.8 Å². The largest absolute Gasteiger partial charge is 0.390 e. The molecule has 5 heteroatoms. The molecular formula is C21H25Cl2NO2. The molecule has 2 atom stereocenters. The summed E-state index contributed by atoms with van der Waals surface area (Å²) in [5, 5.41) is 25.6. The van der Waals surface area contributed by atoms with Crippen LogP contribution < -0.4 is 5.32 Å². The van der Waals surface area contributed by atoms with Crippen molar-refractivity contribution in [3.05, 3.63) is 64.7 Å². The zero-order valence-corrected chi connectivity index (χ0v) is 16.2. The molecule has 0 saturated heterocycles. The van der Waals surface area contributed by atoms with Gasteiger partial charge in [0.05, 0.1) is 12.0 Å². The quantitative estimate of drug-likeness (QED) is 0.593. The molecule has 3 rings (SSSR count). The normalized spacial score (nSPS) is 18.5. The van der Waals surface area contributed by atoms with Crippen molar-refractivity contribution in [1.29, 1.82) is 0 Å². The minimum absolute atomic E-state index is 0.127. The van der Waals surface area contributed by atoms with Gasteiger partial charge >= 0.3 is 0 Å². The second-order valence-corrected chi connectivity index (χ2v) is 7.74. The van der Waals surface area contributed by atoms with Gasteiger partial charge in [-0.3, -0.25) is 0 Å². The first-order chi connectivity index (χ1) is 12.6. The summed E-state index contributed by atoms with van der Waals surface area (Å²) in [7, 11) is 0. The fourth-order valence-electron chi connectivity index (χ4n) is 3.92. The van der Waals surface area contributed by atoms with Crippen LogP contribution >= 0.6 is 23.2 Å². The molecule has 2 aromatic rings. The molecule has 0 heterocycles. The van der Waals surface area contributed by atoms with Gasteiger partial charge in [-0.15, -0.1) is 11.6 Å². The van der Waals surface area contributed by atoms with Crippen molar-refractivity contribution in [3.63, 3.8) is 0 Å². The van der Waals surface area contributed by atoms with E-state index in [0.717, 1.165) is 42.5 Å². The first kappa shape index (κ1) is 19.5. The van der Waals surface area contributed by atoms with E-state index in [1.54, 1.807) is 6.07 Å². The van der Waals surface area contributed by atoms with Crippen LogP contribution in [0.1, 0.15) is 36.8 Å². The standard InChI is InChI=1S/C21H25Cl2NO2/c22-13-18(25)14-24-20-11-10-17(23)12-19(20)21(26,16-8-4-5-9-16)15-6-2-1-3-7-15/h1-3,6-7,10-12,16,18,24-26H,4-5,8-9,13-14H2. The Bertz CT molecular complexity index is 719. The molecule has 26 heavy (non-hydrogen) atoms. The van der Waals surface area contributed by atoms with Gasteiger partial charge < -0.3 is 15.5 Å². The summed E-state index contributed by atoms with van der Waals surface area (Å²) < 4.78 is 0. The Morgan fingerprint density at radius 3 is 2.46 bits per heavy atom. The van der Waals surface area contributed by atoms with Gasteiger partial charge in [0, 0.05) is 22.8 Å². The van der Waals surface area contributed by atoms with Gasteiger partial charge in [0.2, 0.25) is 0 Å². The third kappa shape index (κ3) is 4.01. The minimum Gasteiger partial charge on any atom is -0.390 e. The molecule has 1 saturated carbocycles. The summed E-state index contributed by atoms with van der Waals surface area (Å²) in [6, 6.07) is 15.3. The molecule has 0 amide bonds. The van der Waals surface area contributed by atoms with Crippen LogP contribution in [0.2, 0.25) is 5.02 Å². The number of anilines is 1. The van der Waals surface area contributed by atoms with Crippen molar-refractivity contribution >= 4 is 28.9 Å². The molecule has 0 aliphatic heterocycles. The summed E-state index contributed by atoms with van der Waals surface area (Å²) in [6.07, 6.45) is 3.53. The van der Waals surface area contributed by atoms with Crippen LogP contribution in [0.25, 0.3) is 0 Å². The van der Waals surface area contributed by atoms with Gasteiger partial charge in [0.15, 0.2) is 0 Å². The Labute approximate surface area is 165 Å². The third-order valence-corrected chi connectivity index (χ3v) is 5.85. The number of rotatable bonds is 7. The zero-order valence-electron chi connectivity index (χ0n) is 14.7. The number of aliphatic hydroxyl groups is 2. The second-order valence-electron chi connectivity index (χ2n) is 6.99. The first-order valence-corrected chi connectivity index (χ1v) is 10.0. The maximum Gasteiger partial charge on any atom is 0.119 e. The maximum atomic E-state index is 12.0. The fraction of sp³-hybridized carbons (Fsp3) is 0.429. The van der Waals surface area contributed by atoms with Gasteiger partial charge in [-0.1, -0.05) is 54.8 Å². The van der Waals surface area contributed by atoms with Crippen LogP contribution in [-0.4, -0.2) is 28.7 Å². The fourth-order valence-corrected chi connectivity index (χ4v) is 4.20. The van der Waals surface area contributed by atoms with Crippen molar-refractivity contribution in [2.24, 2.45) is 5.92 Å². The van der Waals surface area contributed by atoms with Crippen LogP contribution in [0.5, 0.6) is 0 Å². The summed E-state index contributed by atoms with van der Waals surface area (Å²) in [5.74, 6) is 0.281. The number of hydrogen-bond donors (Lipinski definition) is 3. The Morgan fingerprint density at radius 1 is 1.12 bits per heavy atom. The highest BCUT2D eigenvalue weighted by molar-refractivity contribution is 6.30. The first-order valence-electron chi connectivity index (χ1n) is 9.11. The molecule has 140 valence electrons. The Kier molecular flexibility index (Phi) is 6.46. The van der Waals surface area contributed by atoms with Gasteiger partial charge in [0.25, 0.3) is 0 Å². The molecule has 0 radical (unpaired) electrons. The molecule has 2 unspecified atom stereocenters. The molecule has 0 aromatic heterocycles. The number of aliphatic hydroxyl groups excluding tert-OH is 1. The van der Waals surface area contributed by atoms with E-state index in [1.807, 2.05) is 42.5 Å². The molecule has 1 aliphatic carbocycles. The molecule has 1 aliphatic rings. The van der Waals surface area contributed by atoms with E-state index in [0.29, 0.717) is 11.6 Å². The number of alkyl halides is 1.